The van der Waals surface area contributed by atoms with Crippen LogP contribution in [0.4, 0.5) is 33.7 Å². The average molecular weight is 485 g/mol. The van der Waals surface area contributed by atoms with Crippen molar-refractivity contribution in [1.29, 1.82) is 0 Å². The summed E-state index contributed by atoms with van der Waals surface area (Å²) >= 11 is 5.54. The third-order valence-electron chi connectivity index (χ3n) is 4.44. The highest BCUT2D eigenvalue weighted by atomic mass is 35.5. The summed E-state index contributed by atoms with van der Waals surface area (Å²) in [6.45, 7) is 0. The van der Waals surface area contributed by atoms with E-state index in [1.54, 1.807) is 0 Å². The van der Waals surface area contributed by atoms with Crippen LogP contribution in [0.5, 0.6) is 5.75 Å². The lowest BCUT2D eigenvalue weighted by Gasteiger charge is -2.17. The third kappa shape index (κ3) is 6.22. The molecule has 0 spiro atoms. The molecule has 0 fully saturated rings. The van der Waals surface area contributed by atoms with Crippen LogP contribution in [0.25, 0.3) is 0 Å². The zero-order valence-electron chi connectivity index (χ0n) is 17.0. The number of nitrogens with one attached hydrogen (secondary N) is 3. The lowest BCUT2D eigenvalue weighted by atomic mass is 10.1. The molecular weight excluding hydrogens is 468 g/mol. The number of allylic oxidation sites excluding steroid dienone is 1. The number of amides is 3. The molecule has 0 aliphatic carbocycles. The molecule has 1 aliphatic rings. The van der Waals surface area contributed by atoms with Crippen LogP contribution in [0, 0.1) is 5.82 Å². The predicted octanol–water partition coefficient (Wildman–Crippen LogP) is 4.99. The zero-order chi connectivity index (χ0) is 24.2. The van der Waals surface area contributed by atoms with Crippen LogP contribution in [0.15, 0.2) is 53.2 Å². The first kappa shape index (κ1) is 24.1. The molecular formula is C21H17ClF4N4O3. The van der Waals surface area contributed by atoms with E-state index < -0.39 is 34.7 Å². The van der Waals surface area contributed by atoms with Crippen molar-refractivity contribution in [1.82, 2.24) is 5.32 Å². The Hall–Kier alpha value is -3.60. The molecule has 174 valence electrons. The van der Waals surface area contributed by atoms with Crippen molar-refractivity contribution >= 4 is 41.1 Å². The molecule has 0 saturated carbocycles. The van der Waals surface area contributed by atoms with Gasteiger partial charge in [0.2, 0.25) is 5.91 Å². The molecule has 3 N–H and O–H groups in total. The Morgan fingerprint density at radius 3 is 2.58 bits per heavy atom. The number of likely N-dealkylation sites (N-methyl/N-ethyl adjacent to an activating group) is 1. The summed E-state index contributed by atoms with van der Waals surface area (Å²) in [6.07, 6.45) is -1.57. The van der Waals surface area contributed by atoms with Crippen LogP contribution in [0.1, 0.15) is 12.0 Å². The van der Waals surface area contributed by atoms with Crippen molar-refractivity contribution in [2.45, 2.75) is 18.6 Å². The minimum Gasteiger partial charge on any atom is -0.461 e. The lowest BCUT2D eigenvalue weighted by Crippen LogP contribution is -2.32. The van der Waals surface area contributed by atoms with E-state index in [4.69, 9.17) is 16.3 Å². The van der Waals surface area contributed by atoms with Gasteiger partial charge in [-0.1, -0.05) is 11.6 Å². The summed E-state index contributed by atoms with van der Waals surface area (Å²) in [5.41, 5.74) is -1.52. The molecule has 3 amide bonds. The molecule has 0 saturated heterocycles. The van der Waals surface area contributed by atoms with Gasteiger partial charge in [0, 0.05) is 31.4 Å². The number of rotatable bonds is 5. The van der Waals surface area contributed by atoms with Crippen molar-refractivity contribution in [3.63, 3.8) is 0 Å². The fourth-order valence-electron chi connectivity index (χ4n) is 2.86. The maximum Gasteiger partial charge on any atom is 0.417 e. The second-order valence-corrected chi connectivity index (χ2v) is 7.19. The zero-order valence-corrected chi connectivity index (χ0v) is 17.7. The van der Waals surface area contributed by atoms with Crippen LogP contribution >= 0.6 is 11.6 Å². The second kappa shape index (κ2) is 9.90. The first-order chi connectivity index (χ1) is 15.6. The number of carbonyl (C=O) groups excluding carboxylic acids is 2. The van der Waals surface area contributed by atoms with E-state index in [1.165, 1.54) is 37.5 Å². The van der Waals surface area contributed by atoms with Crippen LogP contribution in [-0.2, 0) is 11.0 Å². The van der Waals surface area contributed by atoms with Crippen molar-refractivity contribution in [2.24, 2.45) is 4.99 Å². The molecule has 2 aromatic rings. The Bertz CT molecular complexity index is 1130. The largest absolute Gasteiger partial charge is 0.461 e. The topological polar surface area (TPSA) is 91.8 Å². The summed E-state index contributed by atoms with van der Waals surface area (Å²) in [4.78, 5) is 27.8. The number of benzene rings is 2. The number of hydrogen-bond donors (Lipinski definition) is 3. The van der Waals surface area contributed by atoms with Gasteiger partial charge in [-0.2, -0.15) is 13.2 Å². The predicted molar refractivity (Wildman–Crippen MR) is 115 cm³/mol. The Labute approximate surface area is 190 Å². The van der Waals surface area contributed by atoms with Crippen LogP contribution < -0.4 is 20.7 Å². The van der Waals surface area contributed by atoms with Crippen LogP contribution in [0.3, 0.4) is 0 Å². The maximum absolute atomic E-state index is 14.4. The number of halogens is 5. The van der Waals surface area contributed by atoms with Crippen LogP contribution in [0.2, 0.25) is 5.02 Å². The van der Waals surface area contributed by atoms with E-state index >= 15 is 0 Å². The summed E-state index contributed by atoms with van der Waals surface area (Å²) < 4.78 is 58.9. The van der Waals surface area contributed by atoms with Gasteiger partial charge in [-0.3, -0.25) is 9.79 Å². The van der Waals surface area contributed by atoms with E-state index in [9.17, 15) is 27.2 Å². The average Bonchev–Trinajstić information content (AvgIpc) is 2.76. The number of hydrogen-bond acceptors (Lipinski definition) is 4. The summed E-state index contributed by atoms with van der Waals surface area (Å²) in [7, 11) is 1.48. The molecule has 1 aliphatic heterocycles. The van der Waals surface area contributed by atoms with Crippen molar-refractivity contribution in [2.75, 3.05) is 17.7 Å². The molecule has 1 unspecified atom stereocenters. The molecule has 1 atom stereocenters. The quantitative estimate of drug-likeness (QED) is 0.522. The maximum atomic E-state index is 14.4. The first-order valence-corrected chi connectivity index (χ1v) is 9.80. The van der Waals surface area contributed by atoms with Gasteiger partial charge in [-0.15, -0.1) is 0 Å². The molecule has 0 bridgehead atoms. The van der Waals surface area contributed by atoms with E-state index in [0.29, 0.717) is 11.8 Å². The minimum absolute atomic E-state index is 0.114. The number of anilines is 2. The molecule has 33 heavy (non-hydrogen) atoms. The highest BCUT2D eigenvalue weighted by Gasteiger charge is 2.33. The Morgan fingerprint density at radius 1 is 1.15 bits per heavy atom. The highest BCUT2D eigenvalue weighted by molar-refractivity contribution is 6.31. The number of ether oxygens (including phenoxy) is 1. The van der Waals surface area contributed by atoms with Crippen molar-refractivity contribution < 1.29 is 31.9 Å². The highest BCUT2D eigenvalue weighted by Crippen LogP contribution is 2.36. The molecule has 2 aromatic carbocycles. The van der Waals surface area contributed by atoms with Crippen LogP contribution in [-0.4, -0.2) is 31.2 Å². The number of aliphatic imine (C=N–C) groups is 1. The second-order valence-electron chi connectivity index (χ2n) is 6.78. The third-order valence-corrected chi connectivity index (χ3v) is 4.77. The van der Waals surface area contributed by atoms with Gasteiger partial charge in [0.25, 0.3) is 0 Å². The normalized spacial score (nSPS) is 15.5. The van der Waals surface area contributed by atoms with Gasteiger partial charge in [0.15, 0.2) is 0 Å². The van der Waals surface area contributed by atoms with Gasteiger partial charge in [-0.25, -0.2) is 9.18 Å². The van der Waals surface area contributed by atoms with Gasteiger partial charge in [0.05, 0.1) is 16.3 Å². The van der Waals surface area contributed by atoms with E-state index in [1.807, 2.05) is 0 Å². The smallest absolute Gasteiger partial charge is 0.417 e. The fraction of sp³-hybridized carbons (Fsp3) is 0.190. The Balaban J connectivity index is 1.64. The SMILES string of the molecule is CNC(=O)C1CC(Oc2ccc(NC(=O)Nc3ccc(Cl)c(C(F)(F)F)c3)c(F)c2)=CC=N1. The number of carbonyl (C=O) groups is 2. The standard InChI is InChI=1S/C21H17ClF4N4O3/c1-27-19(31)18-10-13(6-7-28-18)33-12-3-5-17(16(23)9-12)30-20(32)29-11-2-4-15(22)14(8-11)21(24,25)26/h2-9,18H,10H2,1H3,(H,27,31)(H2,29,30,32). The van der Waals surface area contributed by atoms with Crippen molar-refractivity contribution in [3.8, 4) is 5.75 Å². The minimum atomic E-state index is -4.70. The molecule has 1 heterocycles. The van der Waals surface area contributed by atoms with Gasteiger partial charge in [-0.05, 0) is 36.4 Å². The molecule has 0 aromatic heterocycles. The van der Waals surface area contributed by atoms with E-state index in [-0.39, 0.29) is 29.5 Å². The Kier molecular flexibility index (Phi) is 7.22. The summed E-state index contributed by atoms with van der Waals surface area (Å²) in [6, 6.07) is 4.84. The molecule has 12 heteroatoms. The van der Waals surface area contributed by atoms with Gasteiger partial charge in [0.1, 0.15) is 23.4 Å². The molecule has 3 rings (SSSR count). The number of nitrogens with zero attached hydrogens (tertiary/aromatic N) is 1. The Morgan fingerprint density at radius 2 is 1.91 bits per heavy atom. The number of alkyl halides is 3. The molecule has 7 nitrogen and oxygen atoms in total. The number of urea groups is 1. The van der Waals surface area contributed by atoms with Gasteiger partial charge >= 0.3 is 12.2 Å². The molecule has 0 radical (unpaired) electrons. The number of dihydropyridines is 1. The summed E-state index contributed by atoms with van der Waals surface area (Å²) in [5.74, 6) is -0.634. The summed E-state index contributed by atoms with van der Waals surface area (Å²) in [5, 5.41) is 6.36. The lowest BCUT2D eigenvalue weighted by molar-refractivity contribution is -0.137. The van der Waals surface area contributed by atoms with Gasteiger partial charge < -0.3 is 20.7 Å². The monoisotopic (exact) mass is 484 g/mol. The first-order valence-electron chi connectivity index (χ1n) is 9.43. The fourth-order valence-corrected chi connectivity index (χ4v) is 3.09. The van der Waals surface area contributed by atoms with Crippen molar-refractivity contribution in [3.05, 3.63) is 64.6 Å². The van der Waals surface area contributed by atoms with E-state index in [0.717, 1.165) is 12.1 Å². The van der Waals surface area contributed by atoms with E-state index in [2.05, 4.69) is 20.9 Å².